The van der Waals surface area contributed by atoms with E-state index in [1.54, 1.807) is 6.07 Å². The molecule has 0 saturated carbocycles. The molecule has 0 radical (unpaired) electrons. The van der Waals surface area contributed by atoms with Crippen molar-refractivity contribution in [2.75, 3.05) is 12.0 Å². The first-order chi connectivity index (χ1) is 9.11. The number of rotatable bonds is 4. The van der Waals surface area contributed by atoms with E-state index >= 15 is 0 Å². The average molecular weight is 259 g/mol. The Labute approximate surface area is 109 Å². The number of nitrogens with one attached hydrogen (secondary N) is 2. The summed E-state index contributed by atoms with van der Waals surface area (Å²) in [5, 5.41) is 3.99. The largest absolute Gasteiger partial charge is 0.368 e. The minimum atomic E-state index is -0.619. The van der Waals surface area contributed by atoms with E-state index in [0.29, 0.717) is 5.82 Å². The molecule has 0 spiro atoms. The van der Waals surface area contributed by atoms with Gasteiger partial charge in [0.1, 0.15) is 11.5 Å². The first-order valence-electron chi connectivity index (χ1n) is 5.54. The number of hydrazine groups is 1. The molecule has 1 heterocycles. The fraction of sp³-hybridized carbons (Fsp3) is 0.0833. The van der Waals surface area contributed by atoms with Crippen LogP contribution in [-0.4, -0.2) is 23.3 Å². The van der Waals surface area contributed by atoms with Crippen LogP contribution >= 0.6 is 0 Å². The van der Waals surface area contributed by atoms with Gasteiger partial charge in [-0.25, -0.2) is 10.8 Å². The quantitative estimate of drug-likeness (QED) is 0.445. The van der Waals surface area contributed by atoms with E-state index in [1.165, 1.54) is 0 Å². The van der Waals surface area contributed by atoms with E-state index < -0.39 is 11.8 Å². The Bertz CT molecular complexity index is 641. The summed E-state index contributed by atoms with van der Waals surface area (Å²) in [5.74, 6) is 4.68. The highest BCUT2D eigenvalue weighted by Crippen LogP contribution is 2.21. The first-order valence-corrected chi connectivity index (χ1v) is 5.54. The fourth-order valence-corrected chi connectivity index (χ4v) is 1.68. The minimum absolute atomic E-state index is 0.160. The maximum Gasteiger partial charge on any atom is 0.270 e. The molecular weight excluding hydrogens is 246 g/mol. The highest BCUT2D eigenvalue weighted by molar-refractivity contribution is 6.01. The number of pyridine rings is 1. The number of nitrogen functional groups attached to an aromatic ring is 1. The monoisotopic (exact) mass is 259 g/mol. The Morgan fingerprint density at radius 1 is 1.26 bits per heavy atom. The molecule has 6 N–H and O–H groups in total. The van der Waals surface area contributed by atoms with Gasteiger partial charge in [-0.3, -0.25) is 9.59 Å². The number of anilines is 1. The van der Waals surface area contributed by atoms with Crippen LogP contribution in [0.2, 0.25) is 0 Å². The second kappa shape index (κ2) is 5.32. The molecule has 19 heavy (non-hydrogen) atoms. The summed E-state index contributed by atoms with van der Waals surface area (Å²) in [6.07, 6.45) is 0. The van der Waals surface area contributed by atoms with Crippen LogP contribution < -0.4 is 22.3 Å². The molecule has 2 aromatic rings. The van der Waals surface area contributed by atoms with Crippen molar-refractivity contribution in [3.63, 3.8) is 0 Å². The van der Waals surface area contributed by atoms with E-state index in [1.807, 2.05) is 24.3 Å². The van der Waals surface area contributed by atoms with Crippen LogP contribution in [0.5, 0.6) is 0 Å². The Morgan fingerprint density at radius 2 is 2.00 bits per heavy atom. The van der Waals surface area contributed by atoms with Gasteiger partial charge >= 0.3 is 0 Å². The van der Waals surface area contributed by atoms with Crippen LogP contribution in [0.25, 0.3) is 10.8 Å². The number of aromatic nitrogens is 1. The molecule has 0 unspecified atom stereocenters. The van der Waals surface area contributed by atoms with E-state index in [9.17, 15) is 9.59 Å². The molecule has 0 saturated heterocycles. The Kier molecular flexibility index (Phi) is 3.58. The van der Waals surface area contributed by atoms with E-state index in [2.05, 4.69) is 15.7 Å². The molecule has 98 valence electrons. The summed E-state index contributed by atoms with van der Waals surface area (Å²) in [6.45, 7) is -0.237. The third-order valence-electron chi connectivity index (χ3n) is 2.53. The lowest BCUT2D eigenvalue weighted by molar-refractivity contribution is -0.117. The molecule has 0 atom stereocenters. The van der Waals surface area contributed by atoms with E-state index in [0.717, 1.165) is 10.8 Å². The highest BCUT2D eigenvalue weighted by Gasteiger charge is 2.11. The molecule has 0 aliphatic heterocycles. The Balaban J connectivity index is 2.39. The van der Waals surface area contributed by atoms with Crippen LogP contribution in [-0.2, 0) is 4.79 Å². The molecule has 2 rings (SSSR count). The van der Waals surface area contributed by atoms with Crippen molar-refractivity contribution >= 4 is 28.4 Å². The van der Waals surface area contributed by atoms with Crippen molar-refractivity contribution < 1.29 is 9.59 Å². The number of hydrogen-bond acceptors (Lipinski definition) is 5. The lowest BCUT2D eigenvalue weighted by Gasteiger charge is -2.08. The highest BCUT2D eigenvalue weighted by atomic mass is 16.2. The van der Waals surface area contributed by atoms with Gasteiger partial charge in [-0.15, -0.1) is 0 Å². The van der Waals surface area contributed by atoms with Crippen molar-refractivity contribution in [2.24, 2.45) is 11.6 Å². The number of primary amides is 1. The normalized spacial score (nSPS) is 10.2. The molecule has 0 aliphatic rings. The van der Waals surface area contributed by atoms with Crippen molar-refractivity contribution in [2.45, 2.75) is 0 Å². The van der Waals surface area contributed by atoms with Gasteiger partial charge in [0.15, 0.2) is 0 Å². The number of fused-ring (bicyclic) bond motifs is 1. The van der Waals surface area contributed by atoms with Gasteiger partial charge in [0.2, 0.25) is 5.91 Å². The predicted molar refractivity (Wildman–Crippen MR) is 71.1 cm³/mol. The summed E-state index contributed by atoms with van der Waals surface area (Å²) in [5.41, 5.74) is 7.57. The summed E-state index contributed by atoms with van der Waals surface area (Å²) in [7, 11) is 0. The van der Waals surface area contributed by atoms with Gasteiger partial charge < -0.3 is 16.5 Å². The summed E-state index contributed by atoms with van der Waals surface area (Å²) in [4.78, 5) is 26.5. The summed E-state index contributed by atoms with van der Waals surface area (Å²) >= 11 is 0. The van der Waals surface area contributed by atoms with Crippen LogP contribution in [0.15, 0.2) is 30.3 Å². The second-order valence-electron chi connectivity index (χ2n) is 3.87. The zero-order valence-corrected chi connectivity index (χ0v) is 10.0. The van der Waals surface area contributed by atoms with Crippen LogP contribution in [0.3, 0.4) is 0 Å². The number of hydrogen-bond donors (Lipinski definition) is 4. The summed E-state index contributed by atoms with van der Waals surface area (Å²) < 4.78 is 0. The molecule has 1 aromatic heterocycles. The number of nitrogens with two attached hydrogens (primary N) is 2. The zero-order valence-electron chi connectivity index (χ0n) is 10.0. The Hall–Kier alpha value is -2.67. The molecule has 7 nitrogen and oxygen atoms in total. The molecule has 0 aliphatic carbocycles. The molecule has 2 amide bonds. The number of amides is 2. The van der Waals surface area contributed by atoms with Gasteiger partial charge in [-0.1, -0.05) is 24.3 Å². The second-order valence-corrected chi connectivity index (χ2v) is 3.87. The molecule has 0 bridgehead atoms. The topological polar surface area (TPSA) is 123 Å². The van der Waals surface area contributed by atoms with Crippen LogP contribution in [0.1, 0.15) is 10.5 Å². The third kappa shape index (κ3) is 2.78. The van der Waals surface area contributed by atoms with Crippen molar-refractivity contribution in [1.82, 2.24) is 10.3 Å². The van der Waals surface area contributed by atoms with Crippen LogP contribution in [0.4, 0.5) is 5.82 Å². The van der Waals surface area contributed by atoms with E-state index in [4.69, 9.17) is 11.6 Å². The third-order valence-corrected chi connectivity index (χ3v) is 2.53. The van der Waals surface area contributed by atoms with Gasteiger partial charge in [-0.05, 0) is 11.5 Å². The van der Waals surface area contributed by atoms with Gasteiger partial charge in [0.25, 0.3) is 5.91 Å². The van der Waals surface area contributed by atoms with Crippen LogP contribution in [0, 0.1) is 0 Å². The Morgan fingerprint density at radius 3 is 2.68 bits per heavy atom. The van der Waals surface area contributed by atoms with Gasteiger partial charge in [0, 0.05) is 5.39 Å². The number of benzene rings is 1. The zero-order chi connectivity index (χ0) is 13.8. The minimum Gasteiger partial charge on any atom is -0.368 e. The van der Waals surface area contributed by atoms with Crippen molar-refractivity contribution in [3.8, 4) is 0 Å². The van der Waals surface area contributed by atoms with Gasteiger partial charge in [-0.2, -0.15) is 0 Å². The SMILES string of the molecule is NNc1nc(C(=O)NCC(N)=O)cc2ccccc12. The molecular formula is C12H13N5O2. The lowest BCUT2D eigenvalue weighted by Crippen LogP contribution is -2.33. The summed E-state index contributed by atoms with van der Waals surface area (Å²) in [6, 6.07) is 8.98. The number of carbonyl (C=O) groups is 2. The van der Waals surface area contributed by atoms with E-state index in [-0.39, 0.29) is 12.2 Å². The molecule has 7 heteroatoms. The van der Waals surface area contributed by atoms with Gasteiger partial charge in [0.05, 0.1) is 6.54 Å². The smallest absolute Gasteiger partial charge is 0.270 e. The predicted octanol–water partition coefficient (Wildman–Crippen LogP) is -0.264. The standard InChI is InChI=1S/C12H13N5O2/c13-10(18)6-15-12(19)9-5-7-3-1-2-4-8(7)11(16-9)17-14/h1-5H,6,14H2,(H2,13,18)(H,15,19)(H,16,17). The maximum absolute atomic E-state index is 11.8. The molecule has 1 aromatic carbocycles. The number of nitrogens with zero attached hydrogens (tertiary/aromatic N) is 1. The van der Waals surface area contributed by atoms with Crippen molar-refractivity contribution in [3.05, 3.63) is 36.0 Å². The first kappa shape index (κ1) is 12.8. The lowest BCUT2D eigenvalue weighted by atomic mass is 10.1. The van der Waals surface area contributed by atoms with Crippen molar-refractivity contribution in [1.29, 1.82) is 0 Å². The maximum atomic E-state index is 11.8. The fourth-order valence-electron chi connectivity index (χ4n) is 1.68. The number of carbonyl (C=O) groups excluding carboxylic acids is 2. The average Bonchev–Trinajstić information content (AvgIpc) is 2.43. The molecule has 0 fully saturated rings.